The van der Waals surface area contributed by atoms with Crippen molar-refractivity contribution >= 4 is 33.0 Å². The number of hydrogen-bond donors (Lipinski definition) is 1. The van der Waals surface area contributed by atoms with E-state index in [4.69, 9.17) is 16.3 Å². The number of ether oxygens (including phenoxy) is 1. The van der Waals surface area contributed by atoms with E-state index < -0.39 is 10.0 Å². The van der Waals surface area contributed by atoms with E-state index in [0.29, 0.717) is 10.6 Å². The van der Waals surface area contributed by atoms with Gasteiger partial charge in [0.1, 0.15) is 0 Å². The Bertz CT molecular complexity index is 671. The zero-order valence-corrected chi connectivity index (χ0v) is 13.8. The SMILES string of the molecule is COC(CNS(=O)(=O)Cc1cccc(Cl)c1)c1ccsc1. The molecular weight excluding hydrogens is 330 g/mol. The average molecular weight is 346 g/mol. The van der Waals surface area contributed by atoms with Gasteiger partial charge in [-0.15, -0.1) is 0 Å². The molecule has 4 nitrogen and oxygen atoms in total. The summed E-state index contributed by atoms with van der Waals surface area (Å²) in [6, 6.07) is 8.74. The molecular formula is C14H16ClNO3S2. The Hall–Kier alpha value is -0.920. The summed E-state index contributed by atoms with van der Waals surface area (Å²) >= 11 is 7.41. The number of thiophene rings is 1. The summed E-state index contributed by atoms with van der Waals surface area (Å²) < 4.78 is 32.1. The van der Waals surface area contributed by atoms with Crippen molar-refractivity contribution in [3.05, 3.63) is 57.2 Å². The van der Waals surface area contributed by atoms with Crippen LogP contribution in [0.15, 0.2) is 41.1 Å². The molecule has 7 heteroatoms. The summed E-state index contributed by atoms with van der Waals surface area (Å²) in [6.07, 6.45) is -0.287. The molecule has 1 atom stereocenters. The monoisotopic (exact) mass is 345 g/mol. The molecule has 1 aromatic carbocycles. The summed E-state index contributed by atoms with van der Waals surface area (Å²) in [5.74, 6) is -0.104. The van der Waals surface area contributed by atoms with Crippen LogP contribution in [0.1, 0.15) is 17.2 Å². The van der Waals surface area contributed by atoms with Gasteiger partial charge in [-0.05, 0) is 40.1 Å². The number of sulfonamides is 1. The Balaban J connectivity index is 1.98. The fraction of sp³-hybridized carbons (Fsp3) is 0.286. The highest BCUT2D eigenvalue weighted by atomic mass is 35.5. The van der Waals surface area contributed by atoms with Crippen LogP contribution in [0, 0.1) is 0 Å². The number of rotatable bonds is 7. The van der Waals surface area contributed by atoms with E-state index in [9.17, 15) is 8.42 Å². The molecule has 1 N–H and O–H groups in total. The summed E-state index contributed by atoms with van der Waals surface area (Å²) in [7, 11) is -1.87. The van der Waals surface area contributed by atoms with E-state index in [-0.39, 0.29) is 18.4 Å². The summed E-state index contributed by atoms with van der Waals surface area (Å²) in [6.45, 7) is 0.204. The number of methoxy groups -OCH3 is 1. The third-order valence-corrected chi connectivity index (χ3v) is 5.19. The molecule has 0 fully saturated rings. The van der Waals surface area contributed by atoms with E-state index in [2.05, 4.69) is 4.72 Å². The summed E-state index contributed by atoms with van der Waals surface area (Å²) in [4.78, 5) is 0. The van der Waals surface area contributed by atoms with E-state index in [1.54, 1.807) is 42.7 Å². The van der Waals surface area contributed by atoms with Crippen molar-refractivity contribution in [1.29, 1.82) is 0 Å². The molecule has 0 aliphatic carbocycles. The number of hydrogen-bond acceptors (Lipinski definition) is 4. The van der Waals surface area contributed by atoms with E-state index in [0.717, 1.165) is 5.56 Å². The van der Waals surface area contributed by atoms with Crippen molar-refractivity contribution in [1.82, 2.24) is 4.72 Å². The molecule has 0 radical (unpaired) electrons. The Kier molecular flexibility index (Phi) is 5.78. The molecule has 1 aromatic heterocycles. The standard InChI is InChI=1S/C14H16ClNO3S2/c1-19-14(12-5-6-20-9-12)8-16-21(17,18)10-11-3-2-4-13(15)7-11/h2-7,9,14,16H,8,10H2,1H3. The normalized spacial score (nSPS) is 13.2. The first kappa shape index (κ1) is 16.5. The number of benzene rings is 1. The van der Waals surface area contributed by atoms with Gasteiger partial charge < -0.3 is 4.74 Å². The highest BCUT2D eigenvalue weighted by Gasteiger charge is 2.17. The molecule has 0 bridgehead atoms. The second-order valence-corrected chi connectivity index (χ2v) is 7.54. The van der Waals surface area contributed by atoms with Crippen LogP contribution in [0.4, 0.5) is 0 Å². The number of halogens is 1. The van der Waals surface area contributed by atoms with Gasteiger partial charge in [-0.3, -0.25) is 0 Å². The quantitative estimate of drug-likeness (QED) is 0.838. The van der Waals surface area contributed by atoms with Gasteiger partial charge >= 0.3 is 0 Å². The first-order valence-corrected chi connectivity index (χ1v) is 9.24. The lowest BCUT2D eigenvalue weighted by molar-refractivity contribution is 0.107. The van der Waals surface area contributed by atoms with Gasteiger partial charge in [-0.1, -0.05) is 23.7 Å². The second kappa shape index (κ2) is 7.38. The largest absolute Gasteiger partial charge is 0.375 e. The Morgan fingerprint density at radius 1 is 1.38 bits per heavy atom. The van der Waals surface area contributed by atoms with E-state index in [1.807, 2.05) is 16.8 Å². The van der Waals surface area contributed by atoms with Crippen molar-refractivity contribution in [2.75, 3.05) is 13.7 Å². The highest BCUT2D eigenvalue weighted by Crippen LogP contribution is 2.19. The topological polar surface area (TPSA) is 55.4 Å². The molecule has 21 heavy (non-hydrogen) atoms. The molecule has 0 saturated carbocycles. The van der Waals surface area contributed by atoms with Gasteiger partial charge in [-0.2, -0.15) is 11.3 Å². The molecule has 1 unspecified atom stereocenters. The maximum atomic E-state index is 12.1. The van der Waals surface area contributed by atoms with Crippen molar-refractivity contribution in [3.8, 4) is 0 Å². The van der Waals surface area contributed by atoms with Gasteiger partial charge in [0, 0.05) is 18.7 Å². The van der Waals surface area contributed by atoms with Crippen molar-refractivity contribution in [2.24, 2.45) is 0 Å². The Morgan fingerprint density at radius 2 is 2.19 bits per heavy atom. The van der Waals surface area contributed by atoms with Crippen LogP contribution in [0.3, 0.4) is 0 Å². The first-order chi connectivity index (χ1) is 10.00. The molecule has 1 heterocycles. The molecule has 0 aliphatic rings. The van der Waals surface area contributed by atoms with Crippen LogP contribution in [-0.2, 0) is 20.5 Å². The van der Waals surface area contributed by atoms with Crippen LogP contribution in [0.2, 0.25) is 5.02 Å². The zero-order chi connectivity index (χ0) is 15.3. The zero-order valence-electron chi connectivity index (χ0n) is 11.5. The predicted octanol–water partition coefficient (Wildman–Crippen LogP) is 3.21. The number of nitrogens with one attached hydrogen (secondary N) is 1. The maximum Gasteiger partial charge on any atom is 0.215 e. The van der Waals surface area contributed by atoms with Crippen molar-refractivity contribution < 1.29 is 13.2 Å². The first-order valence-electron chi connectivity index (χ1n) is 6.27. The van der Waals surface area contributed by atoms with Gasteiger partial charge in [0.05, 0.1) is 11.9 Å². The molecule has 114 valence electrons. The van der Waals surface area contributed by atoms with Gasteiger partial charge in [-0.25, -0.2) is 13.1 Å². The Labute approximate surface area is 133 Å². The molecule has 0 aliphatic heterocycles. The lowest BCUT2D eigenvalue weighted by Crippen LogP contribution is -2.30. The summed E-state index contributed by atoms with van der Waals surface area (Å²) in [5, 5.41) is 4.40. The van der Waals surface area contributed by atoms with E-state index >= 15 is 0 Å². The third-order valence-electron chi connectivity index (χ3n) is 2.93. The fourth-order valence-electron chi connectivity index (χ4n) is 1.90. The van der Waals surface area contributed by atoms with Gasteiger partial charge in [0.15, 0.2) is 0 Å². The molecule has 0 spiro atoms. The fourth-order valence-corrected chi connectivity index (χ4v) is 3.94. The van der Waals surface area contributed by atoms with Crippen molar-refractivity contribution in [3.63, 3.8) is 0 Å². The lowest BCUT2D eigenvalue weighted by atomic mass is 10.2. The lowest BCUT2D eigenvalue weighted by Gasteiger charge is -2.15. The van der Waals surface area contributed by atoms with Crippen LogP contribution >= 0.6 is 22.9 Å². The second-order valence-electron chi connectivity index (χ2n) is 4.52. The van der Waals surface area contributed by atoms with Gasteiger partial charge in [0.2, 0.25) is 10.0 Å². The van der Waals surface area contributed by atoms with Crippen molar-refractivity contribution in [2.45, 2.75) is 11.9 Å². The van der Waals surface area contributed by atoms with Crippen LogP contribution < -0.4 is 4.72 Å². The molecule has 0 amide bonds. The molecule has 2 rings (SSSR count). The highest BCUT2D eigenvalue weighted by molar-refractivity contribution is 7.88. The minimum Gasteiger partial charge on any atom is -0.375 e. The van der Waals surface area contributed by atoms with Crippen LogP contribution in [0.25, 0.3) is 0 Å². The van der Waals surface area contributed by atoms with E-state index in [1.165, 1.54) is 0 Å². The smallest absolute Gasteiger partial charge is 0.215 e. The van der Waals surface area contributed by atoms with Crippen LogP contribution in [-0.4, -0.2) is 22.1 Å². The minimum absolute atomic E-state index is 0.104. The minimum atomic E-state index is -3.43. The van der Waals surface area contributed by atoms with Gasteiger partial charge in [0.25, 0.3) is 0 Å². The molecule has 0 saturated heterocycles. The summed E-state index contributed by atoms with van der Waals surface area (Å²) in [5.41, 5.74) is 1.62. The maximum absolute atomic E-state index is 12.1. The Morgan fingerprint density at radius 3 is 2.81 bits per heavy atom. The average Bonchev–Trinajstić information content (AvgIpc) is 2.93. The van der Waals surface area contributed by atoms with Crippen LogP contribution in [0.5, 0.6) is 0 Å². The third kappa shape index (κ3) is 5.09. The molecule has 2 aromatic rings. The predicted molar refractivity (Wildman–Crippen MR) is 86.1 cm³/mol.